The number of piperidine rings is 1. The van der Waals surface area contributed by atoms with Crippen LogP contribution in [0, 0.1) is 6.92 Å². The van der Waals surface area contributed by atoms with Crippen molar-refractivity contribution < 1.29 is 13.2 Å². The average Bonchev–Trinajstić information content (AvgIpc) is 2.99. The molecule has 11 heteroatoms. The second kappa shape index (κ2) is 12.0. The quantitative estimate of drug-likeness (QED) is 0.222. The Morgan fingerprint density at radius 2 is 1.83 bits per heavy atom. The summed E-state index contributed by atoms with van der Waals surface area (Å²) in [5, 5.41) is 8.50. The van der Waals surface area contributed by atoms with Crippen LogP contribution < -0.4 is 15.4 Å². The van der Waals surface area contributed by atoms with Crippen molar-refractivity contribution in [2.75, 3.05) is 18.4 Å². The highest BCUT2D eigenvalue weighted by molar-refractivity contribution is 7.90. The zero-order chi connectivity index (χ0) is 29.1. The number of benzene rings is 3. The molecule has 0 amide bonds. The first-order valence-electron chi connectivity index (χ1n) is 13.7. The van der Waals surface area contributed by atoms with Crippen molar-refractivity contribution in [1.29, 1.82) is 0 Å². The highest BCUT2D eigenvalue weighted by atomic mass is 35.5. The van der Waals surface area contributed by atoms with Gasteiger partial charge in [-0.2, -0.15) is 0 Å². The molecule has 1 aliphatic heterocycles. The summed E-state index contributed by atoms with van der Waals surface area (Å²) in [5.41, 5.74) is 2.54. The van der Waals surface area contributed by atoms with Crippen LogP contribution in [0.15, 0.2) is 84.1 Å². The van der Waals surface area contributed by atoms with Crippen LogP contribution in [0.2, 0.25) is 5.02 Å². The molecular formula is C31H29ClN6O3S. The topological polar surface area (TPSA) is 119 Å². The van der Waals surface area contributed by atoms with Crippen LogP contribution >= 0.6 is 11.6 Å². The Morgan fingerprint density at radius 1 is 0.976 bits per heavy atom. The number of nitrogens with zero attached hydrogens (tertiary/aromatic N) is 4. The van der Waals surface area contributed by atoms with Crippen LogP contribution in [-0.4, -0.2) is 47.5 Å². The van der Waals surface area contributed by atoms with E-state index in [1.807, 2.05) is 31.2 Å². The number of rotatable bonds is 8. The Bertz CT molecular complexity index is 1860. The highest BCUT2D eigenvalue weighted by Gasteiger charge is 2.22. The smallest absolute Gasteiger partial charge is 0.247 e. The van der Waals surface area contributed by atoms with Crippen molar-refractivity contribution in [2.45, 2.75) is 36.5 Å². The van der Waals surface area contributed by atoms with Crippen molar-refractivity contribution in [3.05, 3.63) is 95.4 Å². The molecular weight excluding hydrogens is 572 g/mol. The third kappa shape index (κ3) is 5.92. The van der Waals surface area contributed by atoms with E-state index in [4.69, 9.17) is 21.3 Å². The lowest BCUT2D eigenvalue weighted by Crippen LogP contribution is -2.38. The Morgan fingerprint density at radius 3 is 2.67 bits per heavy atom. The predicted molar refractivity (Wildman–Crippen MR) is 164 cm³/mol. The third-order valence-electron chi connectivity index (χ3n) is 7.21. The minimum atomic E-state index is -3.69. The van der Waals surface area contributed by atoms with E-state index >= 15 is 0 Å². The molecule has 1 saturated heterocycles. The summed E-state index contributed by atoms with van der Waals surface area (Å²) in [6.07, 6.45) is 6.99. The number of aromatic nitrogens is 4. The van der Waals surface area contributed by atoms with E-state index in [2.05, 4.69) is 25.6 Å². The fourth-order valence-corrected chi connectivity index (χ4v) is 7.09. The van der Waals surface area contributed by atoms with Gasteiger partial charge in [-0.15, -0.1) is 0 Å². The summed E-state index contributed by atoms with van der Waals surface area (Å²) < 4.78 is 33.1. The van der Waals surface area contributed by atoms with Crippen LogP contribution in [-0.2, 0) is 15.6 Å². The Hall–Kier alpha value is -4.12. The van der Waals surface area contributed by atoms with Gasteiger partial charge in [0.05, 0.1) is 21.4 Å². The molecule has 0 bridgehead atoms. The molecule has 2 N–H and O–H groups in total. The highest BCUT2D eigenvalue weighted by Crippen LogP contribution is 2.37. The fraction of sp³-hybridized carbons (Fsp3) is 0.226. The monoisotopic (exact) mass is 600 g/mol. The number of fused-ring (bicyclic) bond motifs is 1. The van der Waals surface area contributed by atoms with Gasteiger partial charge in [-0.1, -0.05) is 54.1 Å². The van der Waals surface area contributed by atoms with Gasteiger partial charge in [0.25, 0.3) is 0 Å². The van der Waals surface area contributed by atoms with Crippen molar-refractivity contribution in [2.24, 2.45) is 0 Å². The molecule has 1 atom stereocenters. The average molecular weight is 601 g/mol. The van der Waals surface area contributed by atoms with Gasteiger partial charge in [0, 0.05) is 36.6 Å². The van der Waals surface area contributed by atoms with Gasteiger partial charge in [0.2, 0.25) is 11.8 Å². The van der Waals surface area contributed by atoms with E-state index < -0.39 is 9.84 Å². The van der Waals surface area contributed by atoms with E-state index in [0.717, 1.165) is 42.3 Å². The van der Waals surface area contributed by atoms with Crippen LogP contribution in [0.4, 0.5) is 5.95 Å². The van der Waals surface area contributed by atoms with Gasteiger partial charge in [-0.05, 0) is 61.0 Å². The second-order valence-corrected chi connectivity index (χ2v) is 12.5. The molecule has 0 spiro atoms. The third-order valence-corrected chi connectivity index (χ3v) is 9.37. The number of hydrogen-bond donors (Lipinski definition) is 2. The Kier molecular flexibility index (Phi) is 8.01. The van der Waals surface area contributed by atoms with Crippen LogP contribution in [0.1, 0.15) is 24.0 Å². The van der Waals surface area contributed by atoms with Gasteiger partial charge >= 0.3 is 0 Å². The molecule has 5 aromatic rings. The van der Waals surface area contributed by atoms with Gasteiger partial charge in [0.15, 0.2) is 15.5 Å². The molecule has 1 aliphatic rings. The molecule has 3 aromatic carbocycles. The van der Waals surface area contributed by atoms with E-state index in [1.165, 1.54) is 6.07 Å². The van der Waals surface area contributed by atoms with Crippen molar-refractivity contribution in [1.82, 2.24) is 25.3 Å². The first-order valence-corrected chi connectivity index (χ1v) is 15.7. The number of aryl methyl sites for hydroxylation is 1. The molecule has 0 unspecified atom stereocenters. The normalized spacial score (nSPS) is 15.4. The molecule has 1 fully saturated rings. The summed E-state index contributed by atoms with van der Waals surface area (Å²) in [6.45, 7) is 3.81. The number of hydrogen-bond acceptors (Lipinski definition) is 9. The van der Waals surface area contributed by atoms with E-state index in [1.54, 1.807) is 48.9 Å². The van der Waals surface area contributed by atoms with E-state index in [0.29, 0.717) is 28.6 Å². The van der Waals surface area contributed by atoms with E-state index in [9.17, 15) is 8.42 Å². The molecule has 0 radical (unpaired) electrons. The number of sulfone groups is 1. The second-order valence-electron chi connectivity index (χ2n) is 10.2. The lowest BCUT2D eigenvalue weighted by molar-refractivity contribution is 0.464. The Labute approximate surface area is 249 Å². The SMILES string of the molecule is Cc1ccc2c(CS(=O)(=O)c3ccccc3Cl)cccc2c1Oc1nccnc1-c1ccnc(N[C@H]2CCCNC2)n1. The first kappa shape index (κ1) is 28.0. The Balaban J connectivity index is 1.34. The summed E-state index contributed by atoms with van der Waals surface area (Å²) in [6, 6.07) is 17.9. The minimum absolute atomic E-state index is 0.106. The molecule has 3 heterocycles. The van der Waals surface area contributed by atoms with E-state index in [-0.39, 0.29) is 27.6 Å². The summed E-state index contributed by atoms with van der Waals surface area (Å²) in [5.74, 6) is 1.15. The maximum absolute atomic E-state index is 13.3. The molecule has 6 rings (SSSR count). The maximum atomic E-state index is 13.3. The molecule has 0 aliphatic carbocycles. The van der Waals surface area contributed by atoms with Crippen molar-refractivity contribution in [3.8, 4) is 23.0 Å². The fourth-order valence-electron chi connectivity index (χ4n) is 5.14. The number of halogens is 1. The summed E-state index contributed by atoms with van der Waals surface area (Å²) >= 11 is 6.23. The number of anilines is 1. The van der Waals surface area contributed by atoms with Crippen molar-refractivity contribution >= 4 is 38.2 Å². The molecule has 0 saturated carbocycles. The molecule has 2 aromatic heterocycles. The zero-order valence-corrected chi connectivity index (χ0v) is 24.5. The number of nitrogens with one attached hydrogen (secondary N) is 2. The molecule has 9 nitrogen and oxygen atoms in total. The zero-order valence-electron chi connectivity index (χ0n) is 22.9. The molecule has 214 valence electrons. The summed E-state index contributed by atoms with van der Waals surface area (Å²) in [4.78, 5) is 18.2. The van der Waals surface area contributed by atoms with Gasteiger partial charge < -0.3 is 15.4 Å². The summed E-state index contributed by atoms with van der Waals surface area (Å²) in [7, 11) is -3.69. The maximum Gasteiger partial charge on any atom is 0.247 e. The van der Waals surface area contributed by atoms with Crippen LogP contribution in [0.5, 0.6) is 11.6 Å². The first-order chi connectivity index (χ1) is 20.4. The lowest BCUT2D eigenvalue weighted by Gasteiger charge is -2.23. The number of ether oxygens (including phenoxy) is 1. The van der Waals surface area contributed by atoms with Crippen LogP contribution in [0.25, 0.3) is 22.2 Å². The van der Waals surface area contributed by atoms with Gasteiger partial charge in [-0.3, -0.25) is 0 Å². The van der Waals surface area contributed by atoms with Crippen LogP contribution in [0.3, 0.4) is 0 Å². The predicted octanol–water partition coefficient (Wildman–Crippen LogP) is 5.98. The molecule has 42 heavy (non-hydrogen) atoms. The van der Waals surface area contributed by atoms with Crippen molar-refractivity contribution in [3.63, 3.8) is 0 Å². The lowest BCUT2D eigenvalue weighted by atomic mass is 10.0. The standard InChI is InChI=1S/C31H29ClN6O3S/c1-20-11-12-23-21(19-42(39,40)27-10-3-2-9-25(27)32)6-4-8-24(23)29(20)41-30-28(34-16-17-35-30)26-13-15-36-31(38-26)37-22-7-5-14-33-18-22/h2-4,6,8-13,15-17,22,33H,5,7,14,18-19H2,1H3,(H,36,37,38)/t22-/m0/s1. The van der Waals surface area contributed by atoms with Gasteiger partial charge in [0.1, 0.15) is 5.75 Å². The van der Waals surface area contributed by atoms with Gasteiger partial charge in [-0.25, -0.2) is 28.4 Å². The largest absolute Gasteiger partial charge is 0.436 e. The minimum Gasteiger partial charge on any atom is -0.436 e.